The second-order valence-electron chi connectivity index (χ2n) is 7.89. The lowest BCUT2D eigenvalue weighted by molar-refractivity contribution is -0.116. The molecule has 0 saturated carbocycles. The number of hydrogen-bond donors (Lipinski definition) is 2. The summed E-state index contributed by atoms with van der Waals surface area (Å²) < 4.78 is 1.57. The molecule has 2 atom stereocenters. The highest BCUT2D eigenvalue weighted by Gasteiger charge is 2.41. The van der Waals surface area contributed by atoms with E-state index in [0.717, 1.165) is 28.3 Å². The molecule has 0 fully saturated rings. The van der Waals surface area contributed by atoms with E-state index in [1.807, 2.05) is 53.9 Å². The maximum absolute atomic E-state index is 13.5. The number of rotatable bonds is 3. The molecule has 1 aliphatic carbocycles. The highest BCUT2D eigenvalue weighted by Crippen LogP contribution is 2.48. The Morgan fingerprint density at radius 2 is 1.61 bits per heavy atom. The van der Waals surface area contributed by atoms with Gasteiger partial charge in [-0.15, -0.1) is 22.7 Å². The number of carbonyl (C=O) groups is 1. The fourth-order valence-electron chi connectivity index (χ4n) is 4.72. The minimum Gasteiger partial charge on any atom is -0.343 e. The number of aromatic nitrogens is 2. The first kappa shape index (κ1) is 18.6. The van der Waals surface area contributed by atoms with Crippen LogP contribution in [-0.2, 0) is 4.79 Å². The number of carbonyl (C=O) groups excluding carboxylic acids is 1. The number of anilines is 1. The molecule has 6 rings (SSSR count). The van der Waals surface area contributed by atoms with Crippen molar-refractivity contribution in [2.75, 3.05) is 5.32 Å². The summed E-state index contributed by atoms with van der Waals surface area (Å²) >= 11 is 3.29. The van der Waals surface area contributed by atoms with Gasteiger partial charge in [0.15, 0.2) is 5.78 Å². The monoisotopic (exact) mass is 445 g/mol. The van der Waals surface area contributed by atoms with Crippen molar-refractivity contribution in [1.82, 2.24) is 9.78 Å². The number of fused-ring (bicyclic) bond motifs is 1. The Hall–Kier alpha value is -3.16. The summed E-state index contributed by atoms with van der Waals surface area (Å²) in [5, 5.41) is 10.8. The standard InChI is InChI=1S/C24H19N3O2S2/c28-17-13-14(18-8-4-10-30-18)12-16-20(17)21(19-9-5-11-31-19)22-23(25-16)26-27(24(22)29)15-6-2-1-3-7-15/h1-11,14,21,25-26H,12-13H2. The highest BCUT2D eigenvalue weighted by atomic mass is 32.1. The van der Waals surface area contributed by atoms with Crippen LogP contribution < -0.4 is 10.9 Å². The van der Waals surface area contributed by atoms with E-state index in [1.165, 1.54) is 4.88 Å². The summed E-state index contributed by atoms with van der Waals surface area (Å²) in [7, 11) is 0. The molecule has 1 aliphatic heterocycles. The summed E-state index contributed by atoms with van der Waals surface area (Å²) in [6.45, 7) is 0. The van der Waals surface area contributed by atoms with Crippen molar-refractivity contribution in [3.8, 4) is 5.69 Å². The molecule has 1 aromatic carbocycles. The van der Waals surface area contributed by atoms with Crippen LogP contribution >= 0.6 is 22.7 Å². The van der Waals surface area contributed by atoms with Crippen LogP contribution in [0.1, 0.15) is 40.0 Å². The average Bonchev–Trinajstić information content (AvgIpc) is 3.55. The molecule has 2 unspecified atom stereocenters. The molecule has 4 aromatic rings. The van der Waals surface area contributed by atoms with Gasteiger partial charge in [0.2, 0.25) is 0 Å². The van der Waals surface area contributed by atoms with Gasteiger partial charge in [-0.25, -0.2) is 4.68 Å². The molecule has 0 saturated heterocycles. The van der Waals surface area contributed by atoms with Gasteiger partial charge in [-0.05, 0) is 41.4 Å². The smallest absolute Gasteiger partial charge is 0.277 e. The van der Waals surface area contributed by atoms with Gasteiger partial charge in [0, 0.05) is 33.4 Å². The van der Waals surface area contributed by atoms with E-state index >= 15 is 0 Å². The van der Waals surface area contributed by atoms with E-state index in [4.69, 9.17) is 0 Å². The third-order valence-corrected chi connectivity index (χ3v) is 8.05. The van der Waals surface area contributed by atoms with Crippen LogP contribution in [0.4, 0.5) is 5.82 Å². The summed E-state index contributed by atoms with van der Waals surface area (Å²) in [5.74, 6) is 0.651. The van der Waals surface area contributed by atoms with Crippen LogP contribution in [0.3, 0.4) is 0 Å². The number of nitrogens with one attached hydrogen (secondary N) is 2. The lowest BCUT2D eigenvalue weighted by Crippen LogP contribution is -2.31. The number of Topliss-reactive ketones (excluding diaryl/α,β-unsaturated/α-hetero) is 1. The van der Waals surface area contributed by atoms with Crippen molar-refractivity contribution in [2.45, 2.75) is 24.7 Å². The molecule has 0 amide bonds. The van der Waals surface area contributed by atoms with E-state index in [2.05, 4.69) is 21.9 Å². The highest BCUT2D eigenvalue weighted by molar-refractivity contribution is 7.10. The Labute approximate surface area is 186 Å². The maximum atomic E-state index is 13.5. The summed E-state index contributed by atoms with van der Waals surface area (Å²) in [4.78, 5) is 29.2. The Bertz CT molecular complexity index is 1350. The van der Waals surface area contributed by atoms with Crippen molar-refractivity contribution in [1.29, 1.82) is 0 Å². The second kappa shape index (κ2) is 7.21. The summed E-state index contributed by atoms with van der Waals surface area (Å²) in [5.41, 5.74) is 2.95. The zero-order valence-corrected chi connectivity index (χ0v) is 18.1. The molecule has 154 valence electrons. The van der Waals surface area contributed by atoms with E-state index in [1.54, 1.807) is 27.4 Å². The molecule has 0 bridgehead atoms. The zero-order chi connectivity index (χ0) is 20.9. The number of para-hydroxylation sites is 1. The number of aromatic amines is 1. The van der Waals surface area contributed by atoms with Crippen molar-refractivity contribution < 1.29 is 4.79 Å². The molecule has 7 heteroatoms. The molecule has 3 aromatic heterocycles. The molecule has 0 spiro atoms. The molecule has 31 heavy (non-hydrogen) atoms. The average molecular weight is 446 g/mol. The van der Waals surface area contributed by atoms with Gasteiger partial charge in [-0.1, -0.05) is 30.3 Å². The van der Waals surface area contributed by atoms with Crippen LogP contribution in [0.15, 0.2) is 81.4 Å². The van der Waals surface area contributed by atoms with Crippen molar-refractivity contribution in [3.05, 3.63) is 102 Å². The van der Waals surface area contributed by atoms with E-state index < -0.39 is 0 Å². The lowest BCUT2D eigenvalue weighted by atomic mass is 9.76. The van der Waals surface area contributed by atoms with Gasteiger partial charge in [0.25, 0.3) is 5.56 Å². The molecule has 2 N–H and O–H groups in total. The number of hydrogen-bond acceptors (Lipinski definition) is 5. The second-order valence-corrected chi connectivity index (χ2v) is 9.84. The number of nitrogens with zero attached hydrogens (tertiary/aromatic N) is 1. The minimum absolute atomic E-state index is 0.119. The van der Waals surface area contributed by atoms with E-state index in [0.29, 0.717) is 17.8 Å². The van der Waals surface area contributed by atoms with Crippen molar-refractivity contribution >= 4 is 34.3 Å². The van der Waals surface area contributed by atoms with Crippen LogP contribution in [-0.4, -0.2) is 15.6 Å². The van der Waals surface area contributed by atoms with Gasteiger partial charge >= 0.3 is 0 Å². The fraction of sp³-hybridized carbons (Fsp3) is 0.167. The largest absolute Gasteiger partial charge is 0.343 e. The van der Waals surface area contributed by atoms with Crippen LogP contribution in [0, 0.1) is 0 Å². The van der Waals surface area contributed by atoms with Gasteiger partial charge in [0.05, 0.1) is 17.2 Å². The number of thiophene rings is 2. The quantitative estimate of drug-likeness (QED) is 0.453. The molecule has 0 radical (unpaired) electrons. The van der Waals surface area contributed by atoms with E-state index in [9.17, 15) is 9.59 Å². The number of H-pyrrole nitrogens is 1. The van der Waals surface area contributed by atoms with Gasteiger partial charge in [-0.3, -0.25) is 14.7 Å². The summed E-state index contributed by atoms with van der Waals surface area (Å²) in [6, 6.07) is 17.7. The lowest BCUT2D eigenvalue weighted by Gasteiger charge is -2.33. The summed E-state index contributed by atoms with van der Waals surface area (Å²) in [6.07, 6.45) is 1.25. The first-order valence-corrected chi connectivity index (χ1v) is 12.0. The Balaban J connectivity index is 1.52. The van der Waals surface area contributed by atoms with Crippen molar-refractivity contribution in [2.24, 2.45) is 0 Å². The third kappa shape index (κ3) is 2.96. The predicted molar refractivity (Wildman–Crippen MR) is 125 cm³/mol. The third-order valence-electron chi connectivity index (χ3n) is 6.08. The minimum atomic E-state index is -0.336. The zero-order valence-electron chi connectivity index (χ0n) is 16.5. The molecule has 4 heterocycles. The number of benzene rings is 1. The normalized spacial score (nSPS) is 20.3. The topological polar surface area (TPSA) is 66.9 Å². The van der Waals surface area contributed by atoms with Crippen LogP contribution in [0.25, 0.3) is 5.69 Å². The van der Waals surface area contributed by atoms with Crippen molar-refractivity contribution in [3.63, 3.8) is 0 Å². The number of allylic oxidation sites excluding steroid dienone is 2. The van der Waals surface area contributed by atoms with Gasteiger partial charge in [0.1, 0.15) is 5.82 Å². The maximum Gasteiger partial charge on any atom is 0.277 e. The molecular formula is C24H19N3O2S2. The first-order chi connectivity index (χ1) is 15.2. The molecule has 2 aliphatic rings. The van der Waals surface area contributed by atoms with Gasteiger partial charge < -0.3 is 5.32 Å². The number of ketones is 1. The van der Waals surface area contributed by atoms with E-state index in [-0.39, 0.29) is 23.2 Å². The fourth-order valence-corrected chi connectivity index (χ4v) is 6.39. The van der Waals surface area contributed by atoms with Crippen LogP contribution in [0.2, 0.25) is 0 Å². The van der Waals surface area contributed by atoms with Gasteiger partial charge in [-0.2, -0.15) is 0 Å². The Morgan fingerprint density at radius 1 is 0.871 bits per heavy atom. The molecular weight excluding hydrogens is 426 g/mol. The first-order valence-electron chi connectivity index (χ1n) is 10.2. The Kier molecular flexibility index (Phi) is 4.33. The van der Waals surface area contributed by atoms with Crippen LogP contribution in [0.5, 0.6) is 0 Å². The SMILES string of the molecule is O=C1CC(c2cccs2)CC2=C1C(c1cccs1)c1c([nH]n(-c3ccccc3)c1=O)N2. The predicted octanol–water partition coefficient (Wildman–Crippen LogP) is 5.25. The Morgan fingerprint density at radius 3 is 2.32 bits per heavy atom. The molecule has 5 nitrogen and oxygen atoms in total.